The number of hydrogen-bond donors (Lipinski definition) is 1. The van der Waals surface area contributed by atoms with Gasteiger partial charge >= 0.3 is 0 Å². The Hall–Kier alpha value is -3.16. The van der Waals surface area contributed by atoms with Gasteiger partial charge in [0.05, 0.1) is 20.5 Å². The summed E-state index contributed by atoms with van der Waals surface area (Å²) < 4.78 is 16.2. The molecule has 1 N–H and O–H groups in total. The SMILES string of the molecule is COc1cc(C)c(CN(C)C(=NCC(=O)N(C)C)NCCc2ccco2)cc1OC. The zero-order valence-electron chi connectivity index (χ0n) is 18.7. The lowest BCUT2D eigenvalue weighted by molar-refractivity contribution is -0.127. The van der Waals surface area contributed by atoms with Gasteiger partial charge in [0.1, 0.15) is 12.3 Å². The predicted molar refractivity (Wildman–Crippen MR) is 117 cm³/mol. The quantitative estimate of drug-likeness (QED) is 0.499. The molecule has 0 bridgehead atoms. The van der Waals surface area contributed by atoms with Crippen LogP contribution in [-0.2, 0) is 17.8 Å². The number of furan rings is 1. The summed E-state index contributed by atoms with van der Waals surface area (Å²) in [6.45, 7) is 3.33. The van der Waals surface area contributed by atoms with Crippen molar-refractivity contribution in [1.82, 2.24) is 15.1 Å². The molecule has 0 unspecified atom stereocenters. The Bertz CT molecular complexity index is 847. The third-order valence-corrected chi connectivity index (χ3v) is 4.71. The van der Waals surface area contributed by atoms with Crippen LogP contribution in [0.4, 0.5) is 0 Å². The number of likely N-dealkylation sites (N-methyl/N-ethyl adjacent to an activating group) is 1. The lowest BCUT2D eigenvalue weighted by Gasteiger charge is -2.24. The third kappa shape index (κ3) is 6.43. The number of benzene rings is 1. The Morgan fingerprint density at radius 3 is 2.47 bits per heavy atom. The molecule has 0 aliphatic heterocycles. The van der Waals surface area contributed by atoms with Gasteiger partial charge in [-0.3, -0.25) is 4.79 Å². The fourth-order valence-corrected chi connectivity index (χ4v) is 2.87. The lowest BCUT2D eigenvalue weighted by Crippen LogP contribution is -2.40. The fourth-order valence-electron chi connectivity index (χ4n) is 2.87. The van der Waals surface area contributed by atoms with Crippen molar-refractivity contribution in [2.75, 3.05) is 48.5 Å². The highest BCUT2D eigenvalue weighted by molar-refractivity contribution is 5.84. The van der Waals surface area contributed by atoms with E-state index in [1.807, 2.05) is 43.1 Å². The van der Waals surface area contributed by atoms with E-state index in [9.17, 15) is 4.79 Å². The molecule has 2 rings (SSSR count). The van der Waals surface area contributed by atoms with E-state index in [0.717, 1.165) is 23.3 Å². The second kappa shape index (κ2) is 11.1. The molecule has 0 saturated carbocycles. The monoisotopic (exact) mass is 416 g/mol. The first-order valence-electron chi connectivity index (χ1n) is 9.79. The van der Waals surface area contributed by atoms with E-state index in [1.54, 1.807) is 34.6 Å². The number of methoxy groups -OCH3 is 2. The topological polar surface area (TPSA) is 79.5 Å². The summed E-state index contributed by atoms with van der Waals surface area (Å²) in [5.41, 5.74) is 2.16. The molecule has 0 fully saturated rings. The summed E-state index contributed by atoms with van der Waals surface area (Å²) in [7, 11) is 8.63. The standard InChI is InChI=1S/C22H32N4O4/c1-16-12-19(28-5)20(29-6)13-17(16)15-26(4)22(24-14-21(27)25(2)3)23-10-9-18-8-7-11-30-18/h7-8,11-13H,9-10,14-15H2,1-6H3,(H,23,24). The van der Waals surface area contributed by atoms with Crippen LogP contribution < -0.4 is 14.8 Å². The molecule has 0 aliphatic carbocycles. The number of nitrogens with zero attached hydrogens (tertiary/aromatic N) is 3. The predicted octanol–water partition coefficient (Wildman–Crippen LogP) is 2.31. The molecule has 0 saturated heterocycles. The fraction of sp³-hybridized carbons (Fsp3) is 0.455. The van der Waals surface area contributed by atoms with E-state index in [0.29, 0.717) is 30.5 Å². The van der Waals surface area contributed by atoms with Crippen molar-refractivity contribution >= 4 is 11.9 Å². The molecule has 8 heteroatoms. The molecular formula is C22H32N4O4. The van der Waals surface area contributed by atoms with Gasteiger partial charge in [-0.15, -0.1) is 0 Å². The van der Waals surface area contributed by atoms with Gasteiger partial charge < -0.3 is 29.0 Å². The van der Waals surface area contributed by atoms with Gasteiger partial charge in [0.15, 0.2) is 17.5 Å². The van der Waals surface area contributed by atoms with Gasteiger partial charge in [-0.25, -0.2) is 4.99 Å². The molecule has 0 spiro atoms. The highest BCUT2D eigenvalue weighted by Crippen LogP contribution is 2.30. The largest absolute Gasteiger partial charge is 0.493 e. The van der Waals surface area contributed by atoms with Crippen molar-refractivity contribution in [3.63, 3.8) is 0 Å². The Balaban J connectivity index is 2.15. The minimum atomic E-state index is -0.0592. The van der Waals surface area contributed by atoms with Gasteiger partial charge in [0.2, 0.25) is 5.91 Å². The Kier molecular flexibility index (Phi) is 8.58. The summed E-state index contributed by atoms with van der Waals surface area (Å²) in [6.07, 6.45) is 2.38. The number of carbonyl (C=O) groups excluding carboxylic acids is 1. The molecule has 0 radical (unpaired) electrons. The van der Waals surface area contributed by atoms with Crippen molar-refractivity contribution in [1.29, 1.82) is 0 Å². The van der Waals surface area contributed by atoms with Gasteiger partial charge in [0, 0.05) is 40.7 Å². The van der Waals surface area contributed by atoms with Crippen LogP contribution in [0.3, 0.4) is 0 Å². The average molecular weight is 417 g/mol. The first-order chi connectivity index (χ1) is 14.3. The molecule has 1 aromatic carbocycles. The lowest BCUT2D eigenvalue weighted by atomic mass is 10.1. The summed E-state index contributed by atoms with van der Waals surface area (Å²) in [4.78, 5) is 20.1. The number of amides is 1. The summed E-state index contributed by atoms with van der Waals surface area (Å²) >= 11 is 0. The molecule has 1 amide bonds. The zero-order valence-corrected chi connectivity index (χ0v) is 18.7. The van der Waals surface area contributed by atoms with E-state index in [2.05, 4.69) is 10.3 Å². The van der Waals surface area contributed by atoms with Crippen LogP contribution >= 0.6 is 0 Å². The molecule has 164 valence electrons. The number of rotatable bonds is 9. The number of ether oxygens (including phenoxy) is 2. The molecule has 1 heterocycles. The van der Waals surface area contributed by atoms with Crippen molar-refractivity contribution < 1.29 is 18.7 Å². The molecular weight excluding hydrogens is 384 g/mol. The maximum absolute atomic E-state index is 12.0. The molecule has 0 atom stereocenters. The second-order valence-corrected chi connectivity index (χ2v) is 7.17. The van der Waals surface area contributed by atoms with E-state index in [4.69, 9.17) is 13.9 Å². The van der Waals surface area contributed by atoms with Crippen molar-refractivity contribution in [2.24, 2.45) is 4.99 Å². The number of guanidine groups is 1. The van der Waals surface area contributed by atoms with Crippen LogP contribution in [0.5, 0.6) is 11.5 Å². The average Bonchev–Trinajstić information content (AvgIpc) is 3.24. The Labute approximate surface area is 178 Å². The molecule has 8 nitrogen and oxygen atoms in total. The zero-order chi connectivity index (χ0) is 22.1. The van der Waals surface area contributed by atoms with Crippen LogP contribution in [0.15, 0.2) is 39.9 Å². The summed E-state index contributed by atoms with van der Waals surface area (Å²) in [6, 6.07) is 7.73. The maximum atomic E-state index is 12.0. The van der Waals surface area contributed by atoms with E-state index in [1.165, 1.54) is 4.90 Å². The third-order valence-electron chi connectivity index (χ3n) is 4.71. The van der Waals surface area contributed by atoms with Crippen LogP contribution in [0.25, 0.3) is 0 Å². The first-order valence-corrected chi connectivity index (χ1v) is 9.79. The highest BCUT2D eigenvalue weighted by atomic mass is 16.5. The van der Waals surface area contributed by atoms with E-state index in [-0.39, 0.29) is 12.5 Å². The minimum absolute atomic E-state index is 0.0592. The summed E-state index contributed by atoms with van der Waals surface area (Å²) in [5, 5.41) is 3.33. The highest BCUT2D eigenvalue weighted by Gasteiger charge is 2.14. The smallest absolute Gasteiger partial charge is 0.243 e. The molecule has 30 heavy (non-hydrogen) atoms. The minimum Gasteiger partial charge on any atom is -0.493 e. The molecule has 2 aromatic rings. The van der Waals surface area contributed by atoms with Crippen molar-refractivity contribution in [2.45, 2.75) is 19.9 Å². The van der Waals surface area contributed by atoms with Gasteiger partial charge in [-0.05, 0) is 42.3 Å². The van der Waals surface area contributed by atoms with Crippen molar-refractivity contribution in [3.05, 3.63) is 47.4 Å². The number of aliphatic imine (C=N–C) groups is 1. The van der Waals surface area contributed by atoms with Crippen LogP contribution in [0.2, 0.25) is 0 Å². The number of carbonyl (C=O) groups is 1. The van der Waals surface area contributed by atoms with E-state index >= 15 is 0 Å². The van der Waals surface area contributed by atoms with Crippen LogP contribution in [0, 0.1) is 6.92 Å². The first kappa shape index (κ1) is 23.1. The second-order valence-electron chi connectivity index (χ2n) is 7.17. The Morgan fingerprint density at radius 1 is 1.17 bits per heavy atom. The van der Waals surface area contributed by atoms with Gasteiger partial charge in [-0.1, -0.05) is 0 Å². The van der Waals surface area contributed by atoms with Gasteiger partial charge in [-0.2, -0.15) is 0 Å². The van der Waals surface area contributed by atoms with E-state index < -0.39 is 0 Å². The molecule has 0 aliphatic rings. The number of aryl methyl sites for hydroxylation is 1. The summed E-state index contributed by atoms with van der Waals surface area (Å²) in [5.74, 6) is 2.86. The maximum Gasteiger partial charge on any atom is 0.243 e. The van der Waals surface area contributed by atoms with Crippen LogP contribution in [0.1, 0.15) is 16.9 Å². The number of hydrogen-bond acceptors (Lipinski definition) is 5. The van der Waals surface area contributed by atoms with Gasteiger partial charge in [0.25, 0.3) is 0 Å². The van der Waals surface area contributed by atoms with Crippen molar-refractivity contribution in [3.8, 4) is 11.5 Å². The molecule has 1 aromatic heterocycles. The Morgan fingerprint density at radius 2 is 1.87 bits per heavy atom. The number of nitrogens with one attached hydrogen (secondary N) is 1. The van der Waals surface area contributed by atoms with Crippen LogP contribution in [-0.4, -0.2) is 70.1 Å². The normalized spacial score (nSPS) is 11.2.